The van der Waals surface area contributed by atoms with Crippen LogP contribution in [0.2, 0.25) is 0 Å². The first-order chi connectivity index (χ1) is 3.72. The summed E-state index contributed by atoms with van der Waals surface area (Å²) in [6.07, 6.45) is 0. The predicted octanol–water partition coefficient (Wildman–Crippen LogP) is 0.163. The van der Waals surface area contributed by atoms with Crippen molar-refractivity contribution in [1.29, 1.82) is 0 Å². The highest BCUT2D eigenvalue weighted by Crippen LogP contribution is 1.78. The van der Waals surface area contributed by atoms with Crippen molar-refractivity contribution >= 4 is 23.4 Å². The normalized spacial score (nSPS) is 12.8. The first-order valence-corrected chi connectivity index (χ1v) is 2.82. The maximum atomic E-state index is 10.4. The van der Waals surface area contributed by atoms with Gasteiger partial charge in [-0.15, -0.1) is 0 Å². The van der Waals surface area contributed by atoms with Gasteiger partial charge in [-0.25, -0.2) is 0 Å². The molecule has 1 unspecified atom stereocenters. The van der Waals surface area contributed by atoms with Gasteiger partial charge in [0.05, 0.1) is 6.04 Å². The Morgan fingerprint density at radius 1 is 1.88 bits per heavy atom. The van der Waals surface area contributed by atoms with E-state index < -0.39 is 0 Å². The van der Waals surface area contributed by atoms with Crippen LogP contribution in [0.4, 0.5) is 0 Å². The van der Waals surface area contributed by atoms with E-state index in [9.17, 15) is 4.79 Å². The van der Waals surface area contributed by atoms with Crippen molar-refractivity contribution in [2.45, 2.75) is 13.0 Å². The van der Waals surface area contributed by atoms with E-state index in [4.69, 9.17) is 0 Å². The Kier molecular flexibility index (Phi) is 3.56. The molecule has 0 amide bonds. The molecule has 0 aliphatic heterocycles. The smallest absolute Gasteiger partial charge is 0.151 e. The predicted molar refractivity (Wildman–Crippen MR) is 37.2 cm³/mol. The number of nitrogens with one attached hydrogen (secondary N) is 1. The molecular formula is C5H9NOS. The van der Waals surface area contributed by atoms with Crippen LogP contribution in [-0.2, 0) is 4.79 Å². The SMILES string of the molecule is CNC(C=S)C(C)=O. The molecule has 0 spiro atoms. The van der Waals surface area contributed by atoms with Crippen LogP contribution < -0.4 is 5.32 Å². The van der Waals surface area contributed by atoms with E-state index in [1.54, 1.807) is 7.05 Å². The van der Waals surface area contributed by atoms with Gasteiger partial charge in [-0.2, -0.15) is 0 Å². The zero-order chi connectivity index (χ0) is 6.57. The Bertz CT molecular complexity index is 103. The van der Waals surface area contributed by atoms with Crippen LogP contribution in [0.5, 0.6) is 0 Å². The molecule has 3 heteroatoms. The van der Waals surface area contributed by atoms with Gasteiger partial charge in [-0.1, -0.05) is 12.2 Å². The second-order valence-electron chi connectivity index (χ2n) is 1.51. The first kappa shape index (κ1) is 7.72. The summed E-state index contributed by atoms with van der Waals surface area (Å²) in [5.41, 5.74) is 0. The van der Waals surface area contributed by atoms with Crippen molar-refractivity contribution in [1.82, 2.24) is 5.32 Å². The molecule has 0 aromatic carbocycles. The second kappa shape index (κ2) is 3.69. The molecule has 0 rings (SSSR count). The van der Waals surface area contributed by atoms with Crippen LogP contribution in [0.3, 0.4) is 0 Å². The van der Waals surface area contributed by atoms with Crippen molar-refractivity contribution in [3.63, 3.8) is 0 Å². The van der Waals surface area contributed by atoms with E-state index in [1.165, 1.54) is 12.3 Å². The fourth-order valence-corrected chi connectivity index (χ4v) is 0.695. The van der Waals surface area contributed by atoms with Gasteiger partial charge in [0.25, 0.3) is 0 Å². The Labute approximate surface area is 54.3 Å². The van der Waals surface area contributed by atoms with Crippen LogP contribution in [0.25, 0.3) is 0 Å². The number of carbonyl (C=O) groups excluding carboxylic acids is 1. The highest BCUT2D eigenvalue weighted by atomic mass is 32.1. The number of carbonyl (C=O) groups is 1. The number of likely N-dealkylation sites (N-methyl/N-ethyl adjacent to an activating group) is 1. The Morgan fingerprint density at radius 2 is 2.38 bits per heavy atom. The number of ketones is 1. The number of rotatable bonds is 3. The van der Waals surface area contributed by atoms with Crippen molar-refractivity contribution in [3.8, 4) is 0 Å². The van der Waals surface area contributed by atoms with Crippen molar-refractivity contribution in [2.24, 2.45) is 0 Å². The van der Waals surface area contributed by atoms with Gasteiger partial charge in [-0.3, -0.25) is 4.79 Å². The number of hydrogen-bond donors (Lipinski definition) is 1. The molecule has 46 valence electrons. The Morgan fingerprint density at radius 3 is 2.38 bits per heavy atom. The maximum absolute atomic E-state index is 10.4. The van der Waals surface area contributed by atoms with Gasteiger partial charge in [0.2, 0.25) is 0 Å². The second-order valence-corrected chi connectivity index (χ2v) is 1.79. The summed E-state index contributed by atoms with van der Waals surface area (Å²) in [6.45, 7) is 1.50. The minimum atomic E-state index is -0.245. The van der Waals surface area contributed by atoms with Crippen molar-refractivity contribution in [3.05, 3.63) is 0 Å². The van der Waals surface area contributed by atoms with E-state index >= 15 is 0 Å². The van der Waals surface area contributed by atoms with Gasteiger partial charge in [0.1, 0.15) is 0 Å². The third-order valence-corrected chi connectivity index (χ3v) is 1.16. The summed E-state index contributed by atoms with van der Waals surface area (Å²) in [7, 11) is 1.70. The van der Waals surface area contributed by atoms with Gasteiger partial charge < -0.3 is 5.32 Å². The number of Topliss-reactive ketones (excluding diaryl/α,β-unsaturated/α-hetero) is 1. The fraction of sp³-hybridized carbons (Fsp3) is 0.600. The van der Waals surface area contributed by atoms with Crippen LogP contribution in [0.15, 0.2) is 0 Å². The van der Waals surface area contributed by atoms with Crippen LogP contribution in [-0.4, -0.2) is 24.2 Å². The molecule has 0 fully saturated rings. The van der Waals surface area contributed by atoms with Crippen LogP contribution >= 0.6 is 12.2 Å². The monoisotopic (exact) mass is 131 g/mol. The number of thiocarbonyl (C=S) groups is 1. The lowest BCUT2D eigenvalue weighted by Crippen LogP contribution is -2.32. The molecule has 0 aromatic rings. The minimum Gasteiger partial charge on any atom is -0.307 e. The Hall–Kier alpha value is -0.280. The molecule has 2 nitrogen and oxygen atoms in total. The first-order valence-electron chi connectivity index (χ1n) is 2.35. The molecule has 1 atom stereocenters. The molecule has 0 aromatic heterocycles. The molecule has 0 bridgehead atoms. The molecule has 0 saturated heterocycles. The third kappa shape index (κ3) is 2.14. The zero-order valence-corrected chi connectivity index (χ0v) is 5.79. The largest absolute Gasteiger partial charge is 0.307 e. The lowest BCUT2D eigenvalue weighted by Gasteiger charge is -2.02. The molecule has 0 aliphatic rings. The third-order valence-electron chi connectivity index (χ3n) is 0.885. The average molecular weight is 131 g/mol. The van der Waals surface area contributed by atoms with E-state index in [2.05, 4.69) is 17.5 Å². The zero-order valence-electron chi connectivity index (χ0n) is 4.97. The quantitative estimate of drug-likeness (QED) is 0.553. The highest BCUT2D eigenvalue weighted by Gasteiger charge is 2.04. The van der Waals surface area contributed by atoms with Crippen LogP contribution in [0.1, 0.15) is 6.92 Å². The summed E-state index contributed by atoms with van der Waals surface area (Å²) < 4.78 is 0. The van der Waals surface area contributed by atoms with E-state index in [0.717, 1.165) is 0 Å². The van der Waals surface area contributed by atoms with Gasteiger partial charge >= 0.3 is 0 Å². The molecule has 0 heterocycles. The number of hydrogen-bond acceptors (Lipinski definition) is 3. The summed E-state index contributed by atoms with van der Waals surface area (Å²) >= 11 is 4.54. The topological polar surface area (TPSA) is 29.1 Å². The lowest BCUT2D eigenvalue weighted by molar-refractivity contribution is -0.117. The van der Waals surface area contributed by atoms with Gasteiger partial charge in [0, 0.05) is 5.37 Å². The van der Waals surface area contributed by atoms with Crippen LogP contribution in [0, 0.1) is 0 Å². The van der Waals surface area contributed by atoms with E-state index in [0.29, 0.717) is 0 Å². The fourth-order valence-electron chi connectivity index (χ4n) is 0.367. The minimum absolute atomic E-state index is 0.0579. The summed E-state index contributed by atoms with van der Waals surface area (Å²) in [4.78, 5) is 10.4. The highest BCUT2D eigenvalue weighted by molar-refractivity contribution is 7.79. The summed E-state index contributed by atoms with van der Waals surface area (Å²) in [5, 5.41) is 4.16. The molecule has 0 radical (unpaired) electrons. The standard InChI is InChI=1S/C5H9NOS/c1-4(7)5(3-8)6-2/h3,5-6H,1-2H3. The van der Waals surface area contributed by atoms with E-state index in [-0.39, 0.29) is 11.8 Å². The lowest BCUT2D eigenvalue weighted by atomic mass is 10.2. The molecule has 0 aliphatic carbocycles. The van der Waals surface area contributed by atoms with Crippen molar-refractivity contribution in [2.75, 3.05) is 7.05 Å². The van der Waals surface area contributed by atoms with E-state index in [1.807, 2.05) is 0 Å². The molecule has 0 saturated carbocycles. The van der Waals surface area contributed by atoms with Crippen molar-refractivity contribution < 1.29 is 4.79 Å². The van der Waals surface area contributed by atoms with Gasteiger partial charge in [-0.05, 0) is 14.0 Å². The Balaban J connectivity index is 3.69. The average Bonchev–Trinajstić information content (AvgIpc) is 1.69. The molecular weight excluding hydrogens is 122 g/mol. The summed E-state index contributed by atoms with van der Waals surface area (Å²) in [5.74, 6) is 0.0579. The molecule has 8 heavy (non-hydrogen) atoms. The van der Waals surface area contributed by atoms with Gasteiger partial charge in [0.15, 0.2) is 5.78 Å². The summed E-state index contributed by atoms with van der Waals surface area (Å²) in [6, 6.07) is -0.245. The molecule has 1 N–H and O–H groups in total. The maximum Gasteiger partial charge on any atom is 0.151 e.